The van der Waals surface area contributed by atoms with Crippen molar-refractivity contribution in [2.24, 2.45) is 17.8 Å². The van der Waals surface area contributed by atoms with Crippen LogP contribution in [0.3, 0.4) is 0 Å². The first kappa shape index (κ1) is 26.5. The van der Waals surface area contributed by atoms with Crippen LogP contribution in [-0.2, 0) is 20.2 Å². The van der Waals surface area contributed by atoms with Gasteiger partial charge in [0, 0.05) is 10.6 Å². The van der Waals surface area contributed by atoms with Gasteiger partial charge in [0.2, 0.25) is 5.91 Å². The van der Waals surface area contributed by atoms with Crippen LogP contribution in [0.1, 0.15) is 49.7 Å². The lowest BCUT2D eigenvalue weighted by Crippen LogP contribution is -2.48. The van der Waals surface area contributed by atoms with Gasteiger partial charge in [-0.15, -0.1) is 11.8 Å². The van der Waals surface area contributed by atoms with Gasteiger partial charge in [0.15, 0.2) is 0 Å². The van der Waals surface area contributed by atoms with Crippen molar-refractivity contribution in [3.05, 3.63) is 83.9 Å². The second kappa shape index (κ2) is 10.3. The van der Waals surface area contributed by atoms with Gasteiger partial charge in [0.1, 0.15) is 6.54 Å². The normalized spacial score (nSPS) is 25.4. The minimum Gasteiger partial charge on any atom is -0.325 e. The summed E-state index contributed by atoms with van der Waals surface area (Å²) in [5.74, 6) is 2.26. The van der Waals surface area contributed by atoms with E-state index in [9.17, 15) is 13.2 Å². The van der Waals surface area contributed by atoms with Gasteiger partial charge in [-0.1, -0.05) is 29.8 Å². The van der Waals surface area contributed by atoms with Crippen molar-refractivity contribution < 1.29 is 13.2 Å². The number of hydrogen-bond donors (Lipinski definition) is 1. The van der Waals surface area contributed by atoms with E-state index >= 15 is 0 Å². The Bertz CT molecular complexity index is 1410. The summed E-state index contributed by atoms with van der Waals surface area (Å²) >= 11 is 1.55. The first-order valence-corrected chi connectivity index (χ1v) is 16.5. The molecule has 0 spiro atoms. The van der Waals surface area contributed by atoms with Crippen LogP contribution in [-0.4, -0.2) is 27.1 Å². The second-order valence-corrected chi connectivity index (χ2v) is 14.6. The minimum atomic E-state index is -3.95. The van der Waals surface area contributed by atoms with Crippen molar-refractivity contribution in [1.82, 2.24) is 0 Å². The molecule has 4 saturated carbocycles. The summed E-state index contributed by atoms with van der Waals surface area (Å²) in [4.78, 5) is 14.4. The molecule has 4 aliphatic rings. The molecule has 39 heavy (non-hydrogen) atoms. The Morgan fingerprint density at radius 3 is 1.97 bits per heavy atom. The zero-order chi connectivity index (χ0) is 27.2. The highest BCUT2D eigenvalue weighted by atomic mass is 32.2. The van der Waals surface area contributed by atoms with E-state index in [-0.39, 0.29) is 17.3 Å². The predicted octanol–water partition coefficient (Wildman–Crippen LogP) is 7.02. The lowest BCUT2D eigenvalue weighted by atomic mass is 9.48. The molecule has 4 fully saturated rings. The van der Waals surface area contributed by atoms with E-state index in [1.807, 2.05) is 37.4 Å². The maximum absolute atomic E-state index is 13.7. The highest BCUT2D eigenvalue weighted by molar-refractivity contribution is 7.98. The number of nitrogens with zero attached hydrogens (tertiary/aromatic N) is 1. The molecule has 0 aliphatic heterocycles. The fourth-order valence-electron chi connectivity index (χ4n) is 7.60. The molecular weight excluding hydrogens is 524 g/mol. The molecule has 4 bridgehead atoms. The quantitative estimate of drug-likeness (QED) is 0.301. The molecule has 0 heterocycles. The van der Waals surface area contributed by atoms with Crippen LogP contribution in [0.15, 0.2) is 82.6 Å². The number of aryl methyl sites for hydroxylation is 1. The number of benzene rings is 3. The monoisotopic (exact) mass is 560 g/mol. The minimum absolute atomic E-state index is 0.161. The van der Waals surface area contributed by atoms with Crippen LogP contribution in [0.2, 0.25) is 0 Å². The van der Waals surface area contributed by atoms with E-state index < -0.39 is 10.0 Å². The van der Waals surface area contributed by atoms with Crippen LogP contribution in [0, 0.1) is 24.7 Å². The first-order chi connectivity index (χ1) is 18.7. The van der Waals surface area contributed by atoms with E-state index in [1.165, 1.54) is 48.4 Å². The summed E-state index contributed by atoms with van der Waals surface area (Å²) in [7, 11) is -3.95. The molecule has 0 atom stereocenters. The number of carbonyl (C=O) groups excluding carboxylic acids is 1. The molecule has 204 valence electrons. The number of anilines is 2. The van der Waals surface area contributed by atoms with Crippen LogP contribution >= 0.6 is 11.8 Å². The molecule has 0 radical (unpaired) electrons. The Morgan fingerprint density at radius 2 is 1.44 bits per heavy atom. The van der Waals surface area contributed by atoms with Crippen LogP contribution < -0.4 is 9.62 Å². The smallest absolute Gasteiger partial charge is 0.264 e. The standard InChI is InChI=1S/C32H36N2O3S2/c1-22-3-9-28(10-4-22)34(39(36,37)30-13-11-29(38-2)12-14-30)21-31(35)33-27-7-5-26(6-8-27)32-18-23-15-24(19-32)17-25(16-23)20-32/h3-14,23-25H,15-21H2,1-2H3,(H,33,35). The van der Waals surface area contributed by atoms with Crippen LogP contribution in [0.4, 0.5) is 11.4 Å². The fourth-order valence-corrected chi connectivity index (χ4v) is 9.43. The van der Waals surface area contributed by atoms with Crippen molar-refractivity contribution >= 4 is 39.1 Å². The molecule has 0 unspecified atom stereocenters. The third-order valence-electron chi connectivity index (χ3n) is 9.08. The molecule has 0 saturated heterocycles. The topological polar surface area (TPSA) is 66.5 Å². The number of hydrogen-bond acceptors (Lipinski definition) is 4. The van der Waals surface area contributed by atoms with Crippen molar-refractivity contribution in [2.45, 2.75) is 60.7 Å². The zero-order valence-electron chi connectivity index (χ0n) is 22.6. The van der Waals surface area contributed by atoms with E-state index in [2.05, 4.69) is 17.4 Å². The van der Waals surface area contributed by atoms with E-state index in [0.29, 0.717) is 16.8 Å². The molecule has 0 aromatic heterocycles. The largest absolute Gasteiger partial charge is 0.325 e. The zero-order valence-corrected chi connectivity index (χ0v) is 24.2. The Balaban J connectivity index is 1.20. The van der Waals surface area contributed by atoms with Gasteiger partial charge in [-0.2, -0.15) is 0 Å². The SMILES string of the molecule is CSc1ccc(S(=O)(=O)N(CC(=O)Nc2ccc(C34CC5CC(CC(C5)C3)C4)cc2)c2ccc(C)cc2)cc1. The summed E-state index contributed by atoms with van der Waals surface area (Å²) in [5.41, 5.74) is 3.88. The van der Waals surface area contributed by atoms with E-state index in [0.717, 1.165) is 28.2 Å². The molecule has 5 nitrogen and oxygen atoms in total. The lowest BCUT2D eigenvalue weighted by Gasteiger charge is -2.57. The summed E-state index contributed by atoms with van der Waals surface area (Å²) in [6.45, 7) is 1.63. The third-order valence-corrected chi connectivity index (χ3v) is 11.6. The predicted molar refractivity (Wildman–Crippen MR) is 159 cm³/mol. The molecule has 1 amide bonds. The average molecular weight is 561 g/mol. The molecular formula is C32H36N2O3S2. The van der Waals surface area contributed by atoms with Gasteiger partial charge in [-0.05, 0) is 129 Å². The molecule has 7 rings (SSSR count). The van der Waals surface area contributed by atoms with Crippen molar-refractivity contribution in [3.8, 4) is 0 Å². The summed E-state index contributed by atoms with van der Waals surface area (Å²) in [6.07, 6.45) is 10.1. The number of nitrogens with one attached hydrogen (secondary N) is 1. The van der Waals surface area contributed by atoms with Crippen LogP contribution in [0.5, 0.6) is 0 Å². The van der Waals surface area contributed by atoms with E-state index in [1.54, 1.807) is 48.2 Å². The number of amides is 1. The second-order valence-electron chi connectivity index (χ2n) is 11.8. The van der Waals surface area contributed by atoms with E-state index in [4.69, 9.17) is 0 Å². The highest BCUT2D eigenvalue weighted by Gasteiger charge is 2.51. The Labute approximate surface area is 236 Å². The molecule has 3 aromatic carbocycles. The maximum atomic E-state index is 13.7. The fraction of sp³-hybridized carbons (Fsp3) is 0.406. The molecule has 4 aliphatic carbocycles. The Hall–Kier alpha value is -2.77. The van der Waals surface area contributed by atoms with Gasteiger partial charge in [0.25, 0.3) is 10.0 Å². The number of thioether (sulfide) groups is 1. The van der Waals surface area contributed by atoms with Crippen LogP contribution in [0.25, 0.3) is 0 Å². The van der Waals surface area contributed by atoms with Crippen molar-refractivity contribution in [2.75, 3.05) is 22.4 Å². The lowest BCUT2D eigenvalue weighted by molar-refractivity contribution is -0.114. The molecule has 3 aromatic rings. The summed E-state index contributed by atoms with van der Waals surface area (Å²) in [5, 5.41) is 2.95. The molecule has 7 heteroatoms. The summed E-state index contributed by atoms with van der Waals surface area (Å²) < 4.78 is 28.6. The number of carbonyl (C=O) groups is 1. The van der Waals surface area contributed by atoms with Gasteiger partial charge >= 0.3 is 0 Å². The van der Waals surface area contributed by atoms with Gasteiger partial charge in [0.05, 0.1) is 10.6 Å². The maximum Gasteiger partial charge on any atom is 0.264 e. The average Bonchev–Trinajstić information content (AvgIpc) is 2.92. The third kappa shape index (κ3) is 5.23. The van der Waals surface area contributed by atoms with Crippen molar-refractivity contribution in [3.63, 3.8) is 0 Å². The highest BCUT2D eigenvalue weighted by Crippen LogP contribution is 2.60. The van der Waals surface area contributed by atoms with Gasteiger partial charge < -0.3 is 5.32 Å². The Kier molecular flexibility index (Phi) is 7.00. The summed E-state index contributed by atoms with van der Waals surface area (Å²) in [6, 6.07) is 22.3. The molecule has 1 N–H and O–H groups in total. The number of sulfonamides is 1. The Morgan fingerprint density at radius 1 is 0.872 bits per heavy atom. The first-order valence-electron chi connectivity index (χ1n) is 13.9. The van der Waals surface area contributed by atoms with Gasteiger partial charge in [-0.3, -0.25) is 9.10 Å². The van der Waals surface area contributed by atoms with Gasteiger partial charge in [-0.25, -0.2) is 8.42 Å². The van der Waals surface area contributed by atoms with Crippen molar-refractivity contribution in [1.29, 1.82) is 0 Å². The number of rotatable bonds is 8.